The monoisotopic (exact) mass is 273 g/mol. The Morgan fingerprint density at radius 1 is 0.833 bits per heavy atom. The van der Waals surface area contributed by atoms with E-state index in [9.17, 15) is 0 Å². The fourth-order valence-electron chi connectivity index (χ4n) is 1.60. The van der Waals surface area contributed by atoms with Gasteiger partial charge in [0.25, 0.3) is 0 Å². The molecule has 0 fully saturated rings. The van der Waals surface area contributed by atoms with Crippen molar-refractivity contribution < 1.29 is 0 Å². The summed E-state index contributed by atoms with van der Waals surface area (Å²) in [5.74, 6) is 0. The van der Waals surface area contributed by atoms with Crippen LogP contribution in [0.4, 0.5) is 0 Å². The van der Waals surface area contributed by atoms with Crippen molar-refractivity contribution in [3.8, 4) is 0 Å². The van der Waals surface area contributed by atoms with E-state index in [0.717, 1.165) is 6.42 Å². The Balaban J connectivity index is 2.11. The third-order valence-corrected chi connectivity index (χ3v) is 5.40. The highest BCUT2D eigenvalue weighted by Gasteiger charge is 2.24. The van der Waals surface area contributed by atoms with Crippen molar-refractivity contribution in [3.05, 3.63) is 67.6 Å². The molecule has 2 heteroatoms. The second-order valence-electron chi connectivity index (χ2n) is 4.21. The lowest BCUT2D eigenvalue weighted by molar-refractivity contribution is 0.906. The highest BCUT2D eigenvalue weighted by atomic mass is 32.2. The van der Waals surface area contributed by atoms with Crippen molar-refractivity contribution in [3.63, 3.8) is 0 Å². The molecule has 0 N–H and O–H groups in total. The molecule has 0 aliphatic heterocycles. The van der Waals surface area contributed by atoms with E-state index < -0.39 is 0 Å². The van der Waals surface area contributed by atoms with Crippen LogP contribution in [0.15, 0.2) is 70.5 Å². The van der Waals surface area contributed by atoms with Crippen molar-refractivity contribution >= 4 is 23.5 Å². The van der Waals surface area contributed by atoms with Gasteiger partial charge >= 0.3 is 0 Å². The van der Waals surface area contributed by atoms with Gasteiger partial charge < -0.3 is 0 Å². The van der Waals surface area contributed by atoms with Crippen LogP contribution in [-0.2, 0) is 0 Å². The lowest BCUT2D eigenvalue weighted by atomic mass is 10.3. The normalized spacial score (nSPS) is 11.4. The predicted molar refractivity (Wildman–Crippen MR) is 83.0 cm³/mol. The van der Waals surface area contributed by atoms with E-state index in [-0.39, 0.29) is 4.08 Å². The standard InChI is InChI=1S/C16H17S2/c1-3-16(2,17-14-10-6-4-7-11-14)18-15-12-8-5-9-13-15/h4-13H,1,3H2,2H3. The minimum atomic E-state index is 0.0721. The molecule has 0 aliphatic carbocycles. The number of thioether (sulfide) groups is 2. The summed E-state index contributed by atoms with van der Waals surface area (Å²) < 4.78 is 0.0721. The maximum atomic E-state index is 4.11. The summed E-state index contributed by atoms with van der Waals surface area (Å²) in [6, 6.07) is 21.1. The smallest absolute Gasteiger partial charge is 0.0677 e. The molecule has 0 saturated heterocycles. The number of benzene rings is 2. The average Bonchev–Trinajstić information content (AvgIpc) is 2.41. The van der Waals surface area contributed by atoms with Gasteiger partial charge in [-0.25, -0.2) is 0 Å². The minimum absolute atomic E-state index is 0.0721. The molecule has 0 aliphatic rings. The van der Waals surface area contributed by atoms with Crippen molar-refractivity contribution in [2.24, 2.45) is 0 Å². The Hall–Kier alpha value is -0.860. The Bertz CT molecular complexity index is 423. The van der Waals surface area contributed by atoms with Crippen molar-refractivity contribution in [1.82, 2.24) is 0 Å². The number of rotatable bonds is 5. The molecule has 0 nitrogen and oxygen atoms in total. The molecule has 93 valence electrons. The van der Waals surface area contributed by atoms with Gasteiger partial charge in [-0.05, 0) is 37.6 Å². The minimum Gasteiger partial charge on any atom is -0.108 e. The van der Waals surface area contributed by atoms with E-state index in [0.29, 0.717) is 0 Å². The zero-order valence-corrected chi connectivity index (χ0v) is 12.1. The lowest BCUT2D eigenvalue weighted by Gasteiger charge is -2.27. The first kappa shape index (κ1) is 13.6. The second kappa shape index (κ2) is 6.35. The molecule has 2 aromatic carbocycles. The first-order valence-corrected chi connectivity index (χ1v) is 7.62. The SMILES string of the molecule is [CH2]CC(C)(Sc1ccccc1)Sc1ccccc1. The van der Waals surface area contributed by atoms with Gasteiger partial charge in [0.2, 0.25) is 0 Å². The van der Waals surface area contributed by atoms with Gasteiger partial charge in [-0.15, -0.1) is 23.5 Å². The maximum Gasteiger partial charge on any atom is 0.0677 e. The van der Waals surface area contributed by atoms with Gasteiger partial charge in [0, 0.05) is 9.79 Å². The Morgan fingerprint density at radius 3 is 1.56 bits per heavy atom. The number of hydrogen-bond donors (Lipinski definition) is 0. The summed E-state index contributed by atoms with van der Waals surface area (Å²) in [4.78, 5) is 2.60. The first-order chi connectivity index (χ1) is 8.72. The number of hydrogen-bond acceptors (Lipinski definition) is 2. The zero-order valence-electron chi connectivity index (χ0n) is 10.5. The first-order valence-electron chi connectivity index (χ1n) is 5.99. The fourth-order valence-corrected chi connectivity index (χ4v) is 4.13. The fraction of sp³-hybridized carbons (Fsp3) is 0.188. The van der Waals surface area contributed by atoms with E-state index in [4.69, 9.17) is 0 Å². The third-order valence-electron chi connectivity index (χ3n) is 2.61. The summed E-state index contributed by atoms with van der Waals surface area (Å²) >= 11 is 3.77. The predicted octanol–water partition coefficient (Wildman–Crippen LogP) is 5.51. The van der Waals surface area contributed by atoms with Gasteiger partial charge in [-0.3, -0.25) is 0 Å². The van der Waals surface area contributed by atoms with E-state index in [1.807, 2.05) is 23.5 Å². The van der Waals surface area contributed by atoms with E-state index in [1.165, 1.54) is 9.79 Å². The van der Waals surface area contributed by atoms with Crippen LogP contribution in [0, 0.1) is 6.92 Å². The highest BCUT2D eigenvalue weighted by molar-refractivity contribution is 8.18. The van der Waals surface area contributed by atoms with Crippen molar-refractivity contribution in [2.45, 2.75) is 27.2 Å². The molecule has 0 amide bonds. The molecular formula is C16H17S2. The highest BCUT2D eigenvalue weighted by Crippen LogP contribution is 2.47. The molecule has 0 spiro atoms. The van der Waals surface area contributed by atoms with Crippen LogP contribution in [0.3, 0.4) is 0 Å². The lowest BCUT2D eigenvalue weighted by Crippen LogP contribution is -2.12. The zero-order chi connectivity index (χ0) is 12.8. The summed E-state index contributed by atoms with van der Waals surface area (Å²) in [7, 11) is 0. The molecule has 0 heterocycles. The van der Waals surface area contributed by atoms with E-state index in [2.05, 4.69) is 74.5 Å². The van der Waals surface area contributed by atoms with Crippen LogP contribution in [0.2, 0.25) is 0 Å². The summed E-state index contributed by atoms with van der Waals surface area (Å²) in [5, 5.41) is 0. The Morgan fingerprint density at radius 2 is 1.22 bits per heavy atom. The molecule has 1 radical (unpaired) electrons. The van der Waals surface area contributed by atoms with Crippen LogP contribution < -0.4 is 0 Å². The second-order valence-corrected chi connectivity index (χ2v) is 7.63. The molecule has 0 bridgehead atoms. The third kappa shape index (κ3) is 3.82. The van der Waals surface area contributed by atoms with E-state index >= 15 is 0 Å². The summed E-state index contributed by atoms with van der Waals surface area (Å²) in [6.07, 6.45) is 0.881. The van der Waals surface area contributed by atoms with Crippen molar-refractivity contribution in [2.75, 3.05) is 0 Å². The molecule has 2 aromatic rings. The van der Waals surface area contributed by atoms with E-state index in [1.54, 1.807) is 0 Å². The summed E-state index contributed by atoms with van der Waals surface area (Å²) in [6.45, 7) is 6.37. The average molecular weight is 273 g/mol. The molecule has 2 rings (SSSR count). The van der Waals surface area contributed by atoms with Gasteiger partial charge in [0.15, 0.2) is 0 Å². The molecule has 0 unspecified atom stereocenters. The van der Waals surface area contributed by atoms with Crippen LogP contribution in [-0.4, -0.2) is 4.08 Å². The van der Waals surface area contributed by atoms with Crippen LogP contribution >= 0.6 is 23.5 Å². The van der Waals surface area contributed by atoms with Crippen LogP contribution in [0.1, 0.15) is 13.3 Å². The quantitative estimate of drug-likeness (QED) is 0.520. The van der Waals surface area contributed by atoms with Crippen LogP contribution in [0.5, 0.6) is 0 Å². The van der Waals surface area contributed by atoms with Crippen molar-refractivity contribution in [1.29, 1.82) is 0 Å². The van der Waals surface area contributed by atoms with Crippen LogP contribution in [0.25, 0.3) is 0 Å². The maximum absolute atomic E-state index is 4.11. The van der Waals surface area contributed by atoms with Gasteiger partial charge in [0.1, 0.15) is 0 Å². The van der Waals surface area contributed by atoms with Gasteiger partial charge in [-0.1, -0.05) is 43.3 Å². The molecule has 0 saturated carbocycles. The largest absolute Gasteiger partial charge is 0.108 e. The van der Waals surface area contributed by atoms with Gasteiger partial charge in [-0.2, -0.15) is 0 Å². The molecule has 0 aromatic heterocycles. The molecular weight excluding hydrogens is 256 g/mol. The molecule has 18 heavy (non-hydrogen) atoms. The Labute approximate surface area is 118 Å². The van der Waals surface area contributed by atoms with Gasteiger partial charge in [0.05, 0.1) is 4.08 Å². The Kier molecular flexibility index (Phi) is 4.79. The topological polar surface area (TPSA) is 0 Å². The summed E-state index contributed by atoms with van der Waals surface area (Å²) in [5.41, 5.74) is 0. The molecule has 0 atom stereocenters.